The van der Waals surface area contributed by atoms with E-state index in [0.717, 1.165) is 29.8 Å². The molecule has 0 spiro atoms. The molecule has 0 amide bonds. The van der Waals surface area contributed by atoms with Crippen molar-refractivity contribution in [2.24, 2.45) is 5.73 Å². The van der Waals surface area contributed by atoms with Gasteiger partial charge in [-0.15, -0.1) is 0 Å². The minimum Gasteiger partial charge on any atom is -0.327 e. The van der Waals surface area contributed by atoms with E-state index in [1.165, 1.54) is 11.3 Å². The smallest absolute Gasteiger partial charge is 0.304 e. The summed E-state index contributed by atoms with van der Waals surface area (Å²) < 4.78 is 0. The Bertz CT molecular complexity index is 314. The molecule has 1 heterocycles. The largest absolute Gasteiger partial charge is 0.327 e. The molecule has 0 aliphatic heterocycles. The zero-order chi connectivity index (χ0) is 7.84. The molecule has 0 saturated heterocycles. The Labute approximate surface area is 68.2 Å². The number of hydrogen-bond acceptors (Lipinski definition) is 3. The van der Waals surface area contributed by atoms with Gasteiger partial charge in [-0.05, 0) is 19.3 Å². The molecule has 4 heteroatoms. The predicted molar refractivity (Wildman–Crippen MR) is 44.9 cm³/mol. The maximum Gasteiger partial charge on any atom is 0.304 e. The lowest BCUT2D eigenvalue weighted by molar-refractivity contribution is 0.576. The van der Waals surface area contributed by atoms with Crippen molar-refractivity contribution in [3.8, 4) is 0 Å². The molecule has 1 atom stereocenters. The van der Waals surface area contributed by atoms with Crippen molar-refractivity contribution in [2.75, 3.05) is 0 Å². The van der Waals surface area contributed by atoms with Crippen LogP contribution in [0, 0.1) is 0 Å². The number of aromatic amines is 1. The van der Waals surface area contributed by atoms with Crippen LogP contribution in [0.2, 0.25) is 0 Å². The molecule has 0 fully saturated rings. The number of rotatable bonds is 0. The zero-order valence-electron chi connectivity index (χ0n) is 6.09. The van der Waals surface area contributed by atoms with Crippen molar-refractivity contribution in [3.63, 3.8) is 0 Å². The van der Waals surface area contributed by atoms with Gasteiger partial charge < -0.3 is 10.7 Å². The van der Waals surface area contributed by atoms with Crippen LogP contribution in [0.3, 0.4) is 0 Å². The predicted octanol–water partition coefficient (Wildman–Crippen LogP) is 0.252. The molecular weight excluding hydrogens is 160 g/mol. The Kier molecular flexibility index (Phi) is 1.58. The van der Waals surface area contributed by atoms with Gasteiger partial charge in [0.1, 0.15) is 0 Å². The van der Waals surface area contributed by atoms with Crippen LogP contribution in [0.5, 0.6) is 0 Å². The third kappa shape index (κ3) is 1.23. The van der Waals surface area contributed by atoms with E-state index < -0.39 is 0 Å². The van der Waals surface area contributed by atoms with Gasteiger partial charge in [0.2, 0.25) is 0 Å². The quantitative estimate of drug-likeness (QED) is 0.586. The Morgan fingerprint density at radius 3 is 3.27 bits per heavy atom. The van der Waals surface area contributed by atoms with Crippen LogP contribution in [-0.4, -0.2) is 11.0 Å². The van der Waals surface area contributed by atoms with E-state index in [9.17, 15) is 4.79 Å². The summed E-state index contributed by atoms with van der Waals surface area (Å²) in [5.41, 5.74) is 6.86. The fraction of sp³-hybridized carbons (Fsp3) is 0.571. The van der Waals surface area contributed by atoms with E-state index in [1.54, 1.807) is 0 Å². The molecule has 3 nitrogen and oxygen atoms in total. The molecule has 1 aliphatic rings. The number of nitrogens with two attached hydrogens (primary N) is 1. The van der Waals surface area contributed by atoms with E-state index in [4.69, 9.17) is 5.73 Å². The van der Waals surface area contributed by atoms with Crippen LogP contribution in [0.1, 0.15) is 17.0 Å². The second kappa shape index (κ2) is 2.46. The number of aryl methyl sites for hydroxylation is 1. The van der Waals surface area contributed by atoms with Crippen LogP contribution in [0.4, 0.5) is 0 Å². The van der Waals surface area contributed by atoms with E-state index in [1.807, 2.05) is 0 Å². The monoisotopic (exact) mass is 170 g/mol. The SMILES string of the molecule is NC1CCc2[nH]c(=O)sc2C1. The van der Waals surface area contributed by atoms with Gasteiger partial charge in [0, 0.05) is 16.6 Å². The van der Waals surface area contributed by atoms with Gasteiger partial charge in [-0.3, -0.25) is 4.79 Å². The molecule has 0 aromatic carbocycles. The normalized spacial score (nSPS) is 23.2. The van der Waals surface area contributed by atoms with Gasteiger partial charge in [0.25, 0.3) is 0 Å². The Morgan fingerprint density at radius 1 is 1.64 bits per heavy atom. The lowest BCUT2D eigenvalue weighted by Crippen LogP contribution is -2.27. The third-order valence-electron chi connectivity index (χ3n) is 2.02. The second-order valence-electron chi connectivity index (χ2n) is 2.92. The maximum absolute atomic E-state index is 10.9. The molecule has 0 radical (unpaired) electrons. The minimum absolute atomic E-state index is 0.0594. The number of fused-ring (bicyclic) bond motifs is 1. The lowest BCUT2D eigenvalue weighted by atomic mass is 9.99. The summed E-state index contributed by atoms with van der Waals surface area (Å²) >= 11 is 1.30. The van der Waals surface area contributed by atoms with E-state index >= 15 is 0 Å². The van der Waals surface area contributed by atoms with Crippen molar-refractivity contribution >= 4 is 11.3 Å². The molecule has 60 valence electrons. The first kappa shape index (κ1) is 7.06. The first-order valence-corrected chi connectivity index (χ1v) is 4.54. The number of H-pyrrole nitrogens is 1. The Hall–Kier alpha value is -0.610. The van der Waals surface area contributed by atoms with Crippen LogP contribution in [0.25, 0.3) is 0 Å². The third-order valence-corrected chi connectivity index (χ3v) is 2.97. The lowest BCUT2D eigenvalue weighted by Gasteiger charge is -2.16. The number of thiazole rings is 1. The summed E-state index contributed by atoms with van der Waals surface area (Å²) in [5.74, 6) is 0. The average Bonchev–Trinajstić information content (AvgIpc) is 2.27. The summed E-state index contributed by atoms with van der Waals surface area (Å²) in [7, 11) is 0. The average molecular weight is 170 g/mol. The molecule has 1 aromatic heterocycles. The Morgan fingerprint density at radius 2 is 2.45 bits per heavy atom. The highest BCUT2D eigenvalue weighted by molar-refractivity contribution is 7.09. The van der Waals surface area contributed by atoms with Gasteiger partial charge in [0.05, 0.1) is 0 Å². The molecule has 1 unspecified atom stereocenters. The van der Waals surface area contributed by atoms with Crippen molar-refractivity contribution < 1.29 is 0 Å². The first-order valence-electron chi connectivity index (χ1n) is 3.72. The molecular formula is C7H10N2OS. The standard InChI is InChI=1S/C7H10N2OS/c8-4-1-2-5-6(3-4)11-7(10)9-5/h4H,1-3,8H2,(H,9,10). The van der Waals surface area contributed by atoms with Crippen LogP contribution < -0.4 is 10.6 Å². The van der Waals surface area contributed by atoms with Crippen molar-refractivity contribution in [1.29, 1.82) is 0 Å². The minimum atomic E-state index is 0.0594. The zero-order valence-corrected chi connectivity index (χ0v) is 6.91. The van der Waals surface area contributed by atoms with E-state index in [0.29, 0.717) is 0 Å². The van der Waals surface area contributed by atoms with Gasteiger partial charge in [0.15, 0.2) is 0 Å². The fourth-order valence-corrected chi connectivity index (χ4v) is 2.40. The van der Waals surface area contributed by atoms with Gasteiger partial charge in [-0.25, -0.2) is 0 Å². The summed E-state index contributed by atoms with van der Waals surface area (Å²) in [5, 5.41) is 0. The highest BCUT2D eigenvalue weighted by Crippen LogP contribution is 2.19. The van der Waals surface area contributed by atoms with Gasteiger partial charge in [-0.1, -0.05) is 11.3 Å². The van der Waals surface area contributed by atoms with Crippen LogP contribution >= 0.6 is 11.3 Å². The molecule has 11 heavy (non-hydrogen) atoms. The molecule has 3 N–H and O–H groups in total. The first-order chi connectivity index (χ1) is 5.25. The van der Waals surface area contributed by atoms with Crippen LogP contribution in [-0.2, 0) is 12.8 Å². The summed E-state index contributed by atoms with van der Waals surface area (Å²) in [6, 6.07) is 0.258. The fourth-order valence-electron chi connectivity index (χ4n) is 1.43. The van der Waals surface area contributed by atoms with Crippen molar-refractivity contribution in [1.82, 2.24) is 4.98 Å². The van der Waals surface area contributed by atoms with Crippen LogP contribution in [0.15, 0.2) is 4.79 Å². The molecule has 0 bridgehead atoms. The number of hydrogen-bond donors (Lipinski definition) is 2. The van der Waals surface area contributed by atoms with Gasteiger partial charge >= 0.3 is 4.87 Å². The molecule has 2 rings (SSSR count). The highest BCUT2D eigenvalue weighted by atomic mass is 32.1. The van der Waals surface area contributed by atoms with Crippen molar-refractivity contribution in [2.45, 2.75) is 25.3 Å². The molecule has 1 aliphatic carbocycles. The van der Waals surface area contributed by atoms with Gasteiger partial charge in [-0.2, -0.15) is 0 Å². The molecule has 1 aromatic rings. The maximum atomic E-state index is 10.9. The summed E-state index contributed by atoms with van der Waals surface area (Å²) in [6.07, 6.45) is 2.81. The topological polar surface area (TPSA) is 58.9 Å². The summed E-state index contributed by atoms with van der Waals surface area (Å²) in [6.45, 7) is 0. The summed E-state index contributed by atoms with van der Waals surface area (Å²) in [4.78, 5) is 14.9. The van der Waals surface area contributed by atoms with E-state index in [-0.39, 0.29) is 10.9 Å². The second-order valence-corrected chi connectivity index (χ2v) is 3.99. The number of aromatic nitrogens is 1. The number of nitrogens with one attached hydrogen (secondary N) is 1. The van der Waals surface area contributed by atoms with Crippen molar-refractivity contribution in [3.05, 3.63) is 20.2 Å². The molecule has 0 saturated carbocycles. The highest BCUT2D eigenvalue weighted by Gasteiger charge is 2.17. The Balaban J connectivity index is 2.41. The van der Waals surface area contributed by atoms with E-state index in [2.05, 4.69) is 4.98 Å².